The van der Waals surface area contributed by atoms with E-state index in [1.54, 1.807) is 25.2 Å². The van der Waals surface area contributed by atoms with Gasteiger partial charge in [0, 0.05) is 33.5 Å². The Morgan fingerprint density at radius 1 is 0.891 bits per heavy atom. The lowest BCUT2D eigenvalue weighted by Gasteiger charge is -2.24. The standard InChI is InChI=1S/C32H24N8O2S4/c1-9-39-27(41)25(45-29(39)16(13-33)35-7)37-19-11-15-21(32(19,5)6)24-22(31(15,3)4)23-18(43-24)12-20(44-23)38-26-28(42)40(10-2)30(46-26)17(14-34)36-8/h11-12H,9-10H2,1-6H3/b29-16+,30-17-,37-25?,38-26?. The van der Waals surface area contributed by atoms with E-state index in [-0.39, 0.29) is 38.7 Å². The first-order valence-corrected chi connectivity index (χ1v) is 17.4. The van der Waals surface area contributed by atoms with E-state index in [1.807, 2.05) is 18.2 Å². The monoisotopic (exact) mass is 680 g/mol. The van der Waals surface area contributed by atoms with Gasteiger partial charge in [0.15, 0.2) is 10.1 Å². The predicted octanol–water partition coefficient (Wildman–Crippen LogP) is 7.77. The van der Waals surface area contributed by atoms with Gasteiger partial charge in [-0.15, -0.1) is 22.7 Å². The lowest BCUT2D eigenvalue weighted by atomic mass is 9.82. The molecule has 0 N–H and O–H groups in total. The van der Waals surface area contributed by atoms with Gasteiger partial charge < -0.3 is 9.80 Å². The predicted molar refractivity (Wildman–Crippen MR) is 184 cm³/mol. The van der Waals surface area contributed by atoms with E-state index in [9.17, 15) is 20.1 Å². The Morgan fingerprint density at radius 2 is 1.43 bits per heavy atom. The van der Waals surface area contributed by atoms with Crippen molar-refractivity contribution in [1.82, 2.24) is 9.80 Å². The minimum atomic E-state index is -0.510. The molecule has 0 aromatic carbocycles. The number of aliphatic imine (C=N–C) groups is 2. The fourth-order valence-corrected chi connectivity index (χ4v) is 11.2. The largest absolute Gasteiger partial charge is 0.309 e. The first kappa shape index (κ1) is 31.5. The van der Waals surface area contributed by atoms with Gasteiger partial charge in [-0.1, -0.05) is 51.2 Å². The van der Waals surface area contributed by atoms with E-state index in [0.717, 1.165) is 44.2 Å². The molecule has 2 aliphatic carbocycles. The van der Waals surface area contributed by atoms with Crippen LogP contribution < -0.4 is 0 Å². The van der Waals surface area contributed by atoms with Gasteiger partial charge >= 0.3 is 0 Å². The number of carbonyl (C=O) groups excluding carboxylic acids is 2. The Hall–Kier alpha value is -4.44. The minimum absolute atomic E-state index is 0.120. The Bertz CT molecular complexity index is 2140. The Labute approximate surface area is 282 Å². The highest BCUT2D eigenvalue weighted by molar-refractivity contribution is 8.20. The number of amides is 2. The molecule has 0 atom stereocenters. The van der Waals surface area contributed by atoms with E-state index in [2.05, 4.69) is 48.5 Å². The number of rotatable bonds is 4. The number of nitrogens with zero attached hydrogens (tertiary/aromatic N) is 8. The van der Waals surface area contributed by atoms with E-state index < -0.39 is 5.41 Å². The summed E-state index contributed by atoms with van der Waals surface area (Å²) in [6.07, 6.45) is 2.08. The molecule has 4 aliphatic rings. The molecule has 0 unspecified atom stereocenters. The summed E-state index contributed by atoms with van der Waals surface area (Å²) in [7, 11) is 0. The molecule has 0 saturated carbocycles. The van der Waals surface area contributed by atoms with Gasteiger partial charge in [0.05, 0.1) is 35.7 Å². The fourth-order valence-electron chi connectivity index (χ4n) is 6.05. The Morgan fingerprint density at radius 3 is 1.93 bits per heavy atom. The summed E-state index contributed by atoms with van der Waals surface area (Å²) in [5.41, 5.74) is 3.15. The summed E-state index contributed by atoms with van der Waals surface area (Å²) in [4.78, 5) is 46.5. The normalized spacial score (nSPS) is 23.5. The third kappa shape index (κ3) is 4.40. The number of hydrogen-bond donors (Lipinski definition) is 0. The average molecular weight is 681 g/mol. The van der Waals surface area contributed by atoms with Crippen molar-refractivity contribution in [3.8, 4) is 12.1 Å². The minimum Gasteiger partial charge on any atom is -0.309 e. The third-order valence-electron chi connectivity index (χ3n) is 8.33. The molecular weight excluding hydrogens is 657 g/mol. The summed E-state index contributed by atoms with van der Waals surface area (Å²) < 4.78 is 2.16. The molecular formula is C32H24N8O2S4. The van der Waals surface area contributed by atoms with E-state index in [4.69, 9.17) is 18.1 Å². The topological polar surface area (TPSA) is 122 Å². The number of nitriles is 2. The average Bonchev–Trinajstić information content (AvgIpc) is 3.81. The molecule has 10 nitrogen and oxygen atoms in total. The smallest absolute Gasteiger partial charge is 0.291 e. The third-order valence-corrected chi connectivity index (χ3v) is 12.8. The molecule has 0 bridgehead atoms. The number of thiophene rings is 2. The number of carbonyl (C=O) groups is 2. The van der Waals surface area contributed by atoms with Crippen molar-refractivity contribution in [1.29, 1.82) is 10.5 Å². The molecule has 2 aromatic rings. The van der Waals surface area contributed by atoms with Crippen LogP contribution in [0.3, 0.4) is 0 Å². The van der Waals surface area contributed by atoms with E-state index in [1.165, 1.54) is 37.2 Å². The van der Waals surface area contributed by atoms with Crippen LogP contribution in [0.5, 0.6) is 0 Å². The van der Waals surface area contributed by atoms with E-state index in [0.29, 0.717) is 28.1 Å². The van der Waals surface area contributed by atoms with E-state index >= 15 is 0 Å². The summed E-state index contributed by atoms with van der Waals surface area (Å²) in [5.74, 6) is -0.626. The summed E-state index contributed by atoms with van der Waals surface area (Å²) in [5, 5.41) is 20.6. The maximum absolute atomic E-state index is 13.3. The second-order valence-electron chi connectivity index (χ2n) is 11.5. The fraction of sp³-hybridized carbons (Fsp3) is 0.312. The first-order chi connectivity index (χ1) is 21.9. The van der Waals surface area contributed by atoms with Gasteiger partial charge in [-0.25, -0.2) is 30.2 Å². The summed E-state index contributed by atoms with van der Waals surface area (Å²) in [6.45, 7) is 27.5. The maximum atomic E-state index is 13.3. The van der Waals surface area contributed by atoms with Crippen molar-refractivity contribution >= 4 is 88.1 Å². The lowest BCUT2D eigenvalue weighted by Crippen LogP contribution is -2.27. The number of thioether (sulfide) groups is 2. The highest BCUT2D eigenvalue weighted by atomic mass is 32.2. The van der Waals surface area contributed by atoms with Crippen molar-refractivity contribution < 1.29 is 9.59 Å². The van der Waals surface area contributed by atoms with Gasteiger partial charge in [-0.3, -0.25) is 9.59 Å². The van der Waals surface area contributed by atoms with Crippen LogP contribution in [0.15, 0.2) is 54.8 Å². The Kier molecular flexibility index (Phi) is 7.62. The van der Waals surface area contributed by atoms with Crippen LogP contribution in [-0.2, 0) is 15.0 Å². The molecule has 46 heavy (non-hydrogen) atoms. The van der Waals surface area contributed by atoms with Gasteiger partial charge in [-0.2, -0.15) is 0 Å². The highest BCUT2D eigenvalue weighted by Crippen LogP contribution is 2.64. The molecule has 2 amide bonds. The molecule has 2 aliphatic heterocycles. The molecule has 0 spiro atoms. The zero-order valence-electron chi connectivity index (χ0n) is 25.6. The maximum Gasteiger partial charge on any atom is 0.291 e. The highest BCUT2D eigenvalue weighted by Gasteiger charge is 2.50. The summed E-state index contributed by atoms with van der Waals surface area (Å²) >= 11 is 5.33. The van der Waals surface area contributed by atoms with Crippen LogP contribution in [0.1, 0.15) is 52.0 Å². The molecule has 14 heteroatoms. The van der Waals surface area contributed by atoms with Gasteiger partial charge in [0.25, 0.3) is 23.2 Å². The molecule has 2 fully saturated rings. The number of allylic oxidation sites excluding steroid dienone is 5. The molecule has 4 heterocycles. The molecule has 2 aromatic heterocycles. The van der Waals surface area contributed by atoms with Crippen LogP contribution >= 0.6 is 46.2 Å². The number of hydrogen-bond acceptors (Lipinski definition) is 10. The van der Waals surface area contributed by atoms with Crippen molar-refractivity contribution in [3.63, 3.8) is 0 Å². The summed E-state index contributed by atoms with van der Waals surface area (Å²) in [6, 6.07) is 5.77. The van der Waals surface area contributed by atoms with Gasteiger partial charge in [0.2, 0.25) is 0 Å². The van der Waals surface area contributed by atoms with Crippen molar-refractivity contribution in [3.05, 3.63) is 78.1 Å². The molecule has 228 valence electrons. The second kappa shape index (κ2) is 11.1. The quantitative estimate of drug-likeness (QED) is 0.240. The van der Waals surface area contributed by atoms with Gasteiger partial charge in [-0.05, 0) is 42.7 Å². The van der Waals surface area contributed by atoms with Crippen molar-refractivity contribution in [2.75, 3.05) is 13.1 Å². The zero-order chi connectivity index (χ0) is 33.3. The Balaban J connectivity index is 1.37. The zero-order valence-corrected chi connectivity index (χ0v) is 28.9. The van der Waals surface area contributed by atoms with Crippen LogP contribution in [-0.4, -0.2) is 44.8 Å². The van der Waals surface area contributed by atoms with Crippen LogP contribution in [0.25, 0.3) is 24.7 Å². The molecule has 2 saturated heterocycles. The molecule has 6 rings (SSSR count). The van der Waals surface area contributed by atoms with Gasteiger partial charge in [0.1, 0.15) is 15.1 Å². The van der Waals surface area contributed by atoms with Crippen molar-refractivity contribution in [2.45, 2.75) is 47.0 Å². The van der Waals surface area contributed by atoms with Crippen molar-refractivity contribution in [2.24, 2.45) is 15.4 Å². The SMILES string of the molecule is [C-]#[N+]/C(C#N)=C1\SC(=Nc2cc3sc4c(c3s2)C(C)(C)C2=C4C(C)(C)C(N=C3S/C(=C(\C#N)[N+]#[C-])N(CC)C3=O)=C2)C(=O)N1CC. The first-order valence-electron chi connectivity index (χ1n) is 14.1. The lowest BCUT2D eigenvalue weighted by molar-refractivity contribution is -0.121. The molecule has 0 radical (unpaired) electrons. The number of fused-ring (bicyclic) bond motifs is 4. The van der Waals surface area contributed by atoms with Crippen LogP contribution in [0, 0.1) is 41.2 Å². The second-order valence-corrected chi connectivity index (χ2v) is 15.6. The van der Waals surface area contributed by atoms with Crippen LogP contribution in [0.2, 0.25) is 0 Å². The van der Waals surface area contributed by atoms with Crippen LogP contribution in [0.4, 0.5) is 5.00 Å².